The van der Waals surface area contributed by atoms with Gasteiger partial charge in [0.1, 0.15) is 0 Å². The number of halogens is 1. The van der Waals surface area contributed by atoms with E-state index in [9.17, 15) is 4.79 Å². The Kier molecular flexibility index (Phi) is 4.69. The van der Waals surface area contributed by atoms with Crippen LogP contribution >= 0.6 is 11.6 Å². The molecule has 2 N–H and O–H groups in total. The van der Waals surface area contributed by atoms with Crippen LogP contribution in [0.1, 0.15) is 31.9 Å². The van der Waals surface area contributed by atoms with Crippen molar-refractivity contribution in [3.63, 3.8) is 0 Å². The monoisotopic (exact) mass is 292 g/mol. The summed E-state index contributed by atoms with van der Waals surface area (Å²) in [6, 6.07) is 7.32. The van der Waals surface area contributed by atoms with E-state index in [1.165, 1.54) is 0 Å². The van der Waals surface area contributed by atoms with Gasteiger partial charge in [0.15, 0.2) is 0 Å². The standard InChI is InChI=1S/C15H17ClN2O2/c1-3-15(19)18-12-4-5-13(16)14(8-12)17-10(2)11-6-7-20-9-11/h4-10,17H,3H2,1-2H3,(H,18,19). The minimum atomic E-state index is -0.0267. The largest absolute Gasteiger partial charge is 0.472 e. The quantitative estimate of drug-likeness (QED) is 0.856. The number of rotatable bonds is 5. The molecule has 0 bridgehead atoms. The van der Waals surface area contributed by atoms with Crippen LogP contribution < -0.4 is 10.6 Å². The van der Waals surface area contributed by atoms with Gasteiger partial charge in [0.05, 0.1) is 29.3 Å². The lowest BCUT2D eigenvalue weighted by atomic mass is 10.1. The van der Waals surface area contributed by atoms with E-state index in [1.54, 1.807) is 24.7 Å². The molecule has 2 aromatic rings. The summed E-state index contributed by atoms with van der Waals surface area (Å²) in [5.74, 6) is -0.0267. The van der Waals surface area contributed by atoms with Crippen molar-refractivity contribution in [2.24, 2.45) is 0 Å². The first-order valence-corrected chi connectivity index (χ1v) is 6.86. The van der Waals surface area contributed by atoms with Crippen molar-refractivity contribution in [2.75, 3.05) is 10.6 Å². The van der Waals surface area contributed by atoms with Gasteiger partial charge in [-0.1, -0.05) is 18.5 Å². The normalized spacial score (nSPS) is 11.9. The number of furan rings is 1. The Morgan fingerprint density at radius 1 is 1.40 bits per heavy atom. The maximum absolute atomic E-state index is 11.4. The molecule has 0 saturated carbocycles. The Morgan fingerprint density at radius 2 is 2.20 bits per heavy atom. The molecule has 106 valence electrons. The number of nitrogens with one attached hydrogen (secondary N) is 2. The fourth-order valence-corrected chi connectivity index (χ4v) is 1.97. The number of benzene rings is 1. The number of hydrogen-bond acceptors (Lipinski definition) is 3. The molecule has 2 rings (SSSR count). The fraction of sp³-hybridized carbons (Fsp3) is 0.267. The smallest absolute Gasteiger partial charge is 0.224 e. The van der Waals surface area contributed by atoms with Gasteiger partial charge < -0.3 is 15.1 Å². The van der Waals surface area contributed by atoms with Crippen LogP contribution in [0.4, 0.5) is 11.4 Å². The number of amides is 1. The molecule has 1 heterocycles. The first kappa shape index (κ1) is 14.5. The lowest BCUT2D eigenvalue weighted by Gasteiger charge is -2.16. The van der Waals surface area contributed by atoms with Crippen molar-refractivity contribution in [1.29, 1.82) is 0 Å². The molecule has 1 atom stereocenters. The number of carbonyl (C=O) groups excluding carboxylic acids is 1. The molecule has 0 aliphatic heterocycles. The SMILES string of the molecule is CCC(=O)Nc1ccc(Cl)c(NC(C)c2ccoc2)c1. The fourth-order valence-electron chi connectivity index (χ4n) is 1.80. The second kappa shape index (κ2) is 6.48. The third kappa shape index (κ3) is 3.54. The van der Waals surface area contributed by atoms with Crippen molar-refractivity contribution in [1.82, 2.24) is 0 Å². The molecule has 1 unspecified atom stereocenters. The van der Waals surface area contributed by atoms with Crippen LogP contribution in [0.5, 0.6) is 0 Å². The maximum Gasteiger partial charge on any atom is 0.224 e. The lowest BCUT2D eigenvalue weighted by molar-refractivity contribution is -0.115. The van der Waals surface area contributed by atoms with Gasteiger partial charge in [-0.25, -0.2) is 0 Å². The van der Waals surface area contributed by atoms with Gasteiger partial charge in [-0.05, 0) is 31.2 Å². The summed E-state index contributed by atoms with van der Waals surface area (Å²) in [5.41, 5.74) is 2.53. The lowest BCUT2D eigenvalue weighted by Crippen LogP contribution is -2.10. The number of hydrogen-bond donors (Lipinski definition) is 2. The van der Waals surface area contributed by atoms with E-state index < -0.39 is 0 Å². The van der Waals surface area contributed by atoms with E-state index >= 15 is 0 Å². The van der Waals surface area contributed by atoms with Gasteiger partial charge in [0, 0.05) is 17.7 Å². The predicted octanol–water partition coefficient (Wildman–Crippen LogP) is 4.45. The van der Waals surface area contributed by atoms with Crippen LogP contribution in [0, 0.1) is 0 Å². The highest BCUT2D eigenvalue weighted by molar-refractivity contribution is 6.33. The molecule has 0 aliphatic carbocycles. The summed E-state index contributed by atoms with van der Waals surface area (Å²) in [5, 5.41) is 6.72. The van der Waals surface area contributed by atoms with Crippen LogP contribution in [-0.4, -0.2) is 5.91 Å². The van der Waals surface area contributed by atoms with Gasteiger partial charge in [0.25, 0.3) is 0 Å². The zero-order valence-electron chi connectivity index (χ0n) is 11.4. The van der Waals surface area contributed by atoms with Crippen LogP contribution in [0.15, 0.2) is 41.2 Å². The summed E-state index contributed by atoms with van der Waals surface area (Å²) < 4.78 is 5.06. The Balaban J connectivity index is 2.14. The summed E-state index contributed by atoms with van der Waals surface area (Å²) in [6.45, 7) is 3.82. The molecule has 0 aliphatic rings. The third-order valence-electron chi connectivity index (χ3n) is 2.99. The topological polar surface area (TPSA) is 54.3 Å². The second-order valence-corrected chi connectivity index (χ2v) is 4.93. The molecule has 4 nitrogen and oxygen atoms in total. The summed E-state index contributed by atoms with van der Waals surface area (Å²) in [4.78, 5) is 11.4. The van der Waals surface area contributed by atoms with Crippen LogP contribution in [-0.2, 0) is 4.79 Å². The van der Waals surface area contributed by atoms with Crippen molar-refractivity contribution in [3.8, 4) is 0 Å². The van der Waals surface area contributed by atoms with Crippen LogP contribution in [0.25, 0.3) is 0 Å². The van der Waals surface area contributed by atoms with Gasteiger partial charge in [0.2, 0.25) is 5.91 Å². The van der Waals surface area contributed by atoms with E-state index in [1.807, 2.05) is 26.0 Å². The van der Waals surface area contributed by atoms with E-state index in [2.05, 4.69) is 10.6 Å². The van der Waals surface area contributed by atoms with Gasteiger partial charge in [-0.3, -0.25) is 4.79 Å². The molecule has 0 fully saturated rings. The van der Waals surface area contributed by atoms with E-state index in [0.717, 1.165) is 16.9 Å². The van der Waals surface area contributed by atoms with Crippen molar-refractivity contribution < 1.29 is 9.21 Å². The highest BCUT2D eigenvalue weighted by Crippen LogP contribution is 2.29. The van der Waals surface area contributed by atoms with Crippen LogP contribution in [0.2, 0.25) is 5.02 Å². The zero-order chi connectivity index (χ0) is 14.5. The highest BCUT2D eigenvalue weighted by Gasteiger charge is 2.10. The molecule has 0 saturated heterocycles. The van der Waals surface area contributed by atoms with Gasteiger partial charge in [-0.2, -0.15) is 0 Å². The number of carbonyl (C=O) groups is 1. The van der Waals surface area contributed by atoms with E-state index in [4.69, 9.17) is 16.0 Å². The van der Waals surface area contributed by atoms with Crippen molar-refractivity contribution in [3.05, 3.63) is 47.4 Å². The Morgan fingerprint density at radius 3 is 2.85 bits per heavy atom. The van der Waals surface area contributed by atoms with Crippen molar-refractivity contribution >= 4 is 28.9 Å². The predicted molar refractivity (Wildman–Crippen MR) is 81.1 cm³/mol. The molecular formula is C15H17ClN2O2. The first-order valence-electron chi connectivity index (χ1n) is 6.48. The van der Waals surface area contributed by atoms with Gasteiger partial charge >= 0.3 is 0 Å². The zero-order valence-corrected chi connectivity index (χ0v) is 12.2. The molecule has 5 heteroatoms. The first-order chi connectivity index (χ1) is 9.60. The van der Waals surface area contributed by atoms with E-state index in [0.29, 0.717) is 11.4 Å². The molecule has 1 amide bonds. The average molecular weight is 293 g/mol. The minimum absolute atomic E-state index is 0.0267. The summed E-state index contributed by atoms with van der Waals surface area (Å²) in [7, 11) is 0. The molecule has 0 radical (unpaired) electrons. The molecule has 1 aromatic heterocycles. The summed E-state index contributed by atoms with van der Waals surface area (Å²) in [6.07, 6.45) is 3.76. The van der Waals surface area contributed by atoms with Gasteiger partial charge in [-0.15, -0.1) is 0 Å². The summed E-state index contributed by atoms with van der Waals surface area (Å²) >= 11 is 6.17. The minimum Gasteiger partial charge on any atom is -0.472 e. The Labute approximate surface area is 123 Å². The Bertz CT molecular complexity index is 582. The third-order valence-corrected chi connectivity index (χ3v) is 3.32. The Hall–Kier alpha value is -1.94. The highest BCUT2D eigenvalue weighted by atomic mass is 35.5. The average Bonchev–Trinajstić information content (AvgIpc) is 2.96. The second-order valence-electron chi connectivity index (χ2n) is 4.52. The van der Waals surface area contributed by atoms with Crippen molar-refractivity contribution in [2.45, 2.75) is 26.3 Å². The molecular weight excluding hydrogens is 276 g/mol. The van der Waals surface area contributed by atoms with E-state index in [-0.39, 0.29) is 11.9 Å². The molecule has 0 spiro atoms. The van der Waals surface area contributed by atoms with Crippen LogP contribution in [0.3, 0.4) is 0 Å². The molecule has 1 aromatic carbocycles. The molecule has 20 heavy (non-hydrogen) atoms. The number of anilines is 2. The maximum atomic E-state index is 11.4.